The molecule has 0 N–H and O–H groups in total. The molecule has 3 aromatic rings. The zero-order chi connectivity index (χ0) is 17.9. The molecule has 0 amide bonds. The SMILES string of the molecule is CSc1nccc(N2CCCC(c3nnc(Cn4ccnc4)n3C)C2)n1. The fraction of sp³-hybridized carbons (Fsp3) is 0.471. The summed E-state index contributed by atoms with van der Waals surface area (Å²) in [5.41, 5.74) is 0. The highest BCUT2D eigenvalue weighted by Gasteiger charge is 2.26. The van der Waals surface area contributed by atoms with Crippen molar-refractivity contribution in [2.45, 2.75) is 30.5 Å². The first-order valence-corrected chi connectivity index (χ1v) is 9.93. The van der Waals surface area contributed by atoms with Gasteiger partial charge in [0.15, 0.2) is 11.0 Å². The van der Waals surface area contributed by atoms with Crippen molar-refractivity contribution in [3.8, 4) is 0 Å². The van der Waals surface area contributed by atoms with Crippen LogP contribution in [0.5, 0.6) is 0 Å². The Labute approximate surface area is 156 Å². The standard InChI is InChI=1S/C17H22N8S/c1-23-15(11-24-9-7-18-12-24)21-22-16(23)13-4-3-8-25(10-13)14-5-6-19-17(20-14)26-2/h5-7,9,12-13H,3-4,8,10-11H2,1-2H3. The van der Waals surface area contributed by atoms with Gasteiger partial charge in [0.05, 0.1) is 12.9 Å². The number of hydrogen-bond donors (Lipinski definition) is 0. The third kappa shape index (κ3) is 3.44. The Bertz CT molecular complexity index is 860. The summed E-state index contributed by atoms with van der Waals surface area (Å²) in [6.45, 7) is 2.60. The third-order valence-corrected chi connectivity index (χ3v) is 5.36. The molecule has 1 unspecified atom stereocenters. The minimum atomic E-state index is 0.352. The molecule has 0 radical (unpaired) electrons. The minimum absolute atomic E-state index is 0.352. The van der Waals surface area contributed by atoms with Crippen molar-refractivity contribution in [2.75, 3.05) is 24.2 Å². The number of piperidine rings is 1. The van der Waals surface area contributed by atoms with E-state index in [1.54, 1.807) is 24.3 Å². The molecule has 26 heavy (non-hydrogen) atoms. The molecule has 8 nitrogen and oxygen atoms in total. The normalized spacial score (nSPS) is 17.6. The molecule has 0 aromatic carbocycles. The van der Waals surface area contributed by atoms with Crippen LogP contribution in [0.3, 0.4) is 0 Å². The van der Waals surface area contributed by atoms with Crippen LogP contribution in [0.1, 0.15) is 30.4 Å². The van der Waals surface area contributed by atoms with Gasteiger partial charge in [-0.15, -0.1) is 10.2 Å². The highest BCUT2D eigenvalue weighted by atomic mass is 32.2. The van der Waals surface area contributed by atoms with E-state index in [0.717, 1.165) is 48.6 Å². The first-order valence-electron chi connectivity index (χ1n) is 8.70. The summed E-state index contributed by atoms with van der Waals surface area (Å²) in [6.07, 6.45) is 11.6. The Morgan fingerprint density at radius 2 is 2.19 bits per heavy atom. The van der Waals surface area contributed by atoms with E-state index in [4.69, 9.17) is 0 Å². The van der Waals surface area contributed by atoms with Gasteiger partial charge in [-0.05, 0) is 25.2 Å². The Morgan fingerprint density at radius 3 is 3.00 bits per heavy atom. The molecule has 1 aliphatic heterocycles. The lowest BCUT2D eigenvalue weighted by Gasteiger charge is -2.33. The van der Waals surface area contributed by atoms with E-state index in [1.165, 1.54) is 0 Å². The van der Waals surface area contributed by atoms with Gasteiger partial charge in [-0.2, -0.15) is 0 Å². The van der Waals surface area contributed by atoms with E-state index in [9.17, 15) is 0 Å². The molecule has 4 heterocycles. The van der Waals surface area contributed by atoms with Gasteiger partial charge in [-0.1, -0.05) is 11.8 Å². The molecule has 0 spiro atoms. The molecule has 1 fully saturated rings. The number of rotatable bonds is 5. The van der Waals surface area contributed by atoms with Gasteiger partial charge >= 0.3 is 0 Å². The number of aromatic nitrogens is 7. The van der Waals surface area contributed by atoms with Crippen LogP contribution >= 0.6 is 11.8 Å². The molecule has 9 heteroatoms. The second-order valence-electron chi connectivity index (χ2n) is 6.46. The summed E-state index contributed by atoms with van der Waals surface area (Å²) < 4.78 is 4.13. The Kier molecular flexibility index (Phi) is 4.87. The zero-order valence-corrected chi connectivity index (χ0v) is 15.8. The Balaban J connectivity index is 1.52. The summed E-state index contributed by atoms with van der Waals surface area (Å²) in [5, 5.41) is 9.72. The molecule has 4 rings (SSSR count). The predicted octanol–water partition coefficient (Wildman–Crippen LogP) is 1.96. The summed E-state index contributed by atoms with van der Waals surface area (Å²) in [4.78, 5) is 15.3. The molecule has 0 aliphatic carbocycles. The Morgan fingerprint density at radius 1 is 1.27 bits per heavy atom. The maximum absolute atomic E-state index is 4.65. The van der Waals surface area contributed by atoms with Gasteiger partial charge in [0, 0.05) is 44.6 Å². The highest BCUT2D eigenvalue weighted by molar-refractivity contribution is 7.98. The van der Waals surface area contributed by atoms with Crippen molar-refractivity contribution in [1.29, 1.82) is 0 Å². The highest BCUT2D eigenvalue weighted by Crippen LogP contribution is 2.28. The topological polar surface area (TPSA) is 77.5 Å². The molecule has 1 aliphatic rings. The van der Waals surface area contributed by atoms with Crippen LogP contribution in [0.15, 0.2) is 36.1 Å². The molecular formula is C17H22N8S. The quantitative estimate of drug-likeness (QED) is 0.502. The lowest BCUT2D eigenvalue weighted by Crippen LogP contribution is -2.36. The second-order valence-corrected chi connectivity index (χ2v) is 7.23. The van der Waals surface area contributed by atoms with Gasteiger partial charge in [0.1, 0.15) is 11.6 Å². The van der Waals surface area contributed by atoms with Crippen LogP contribution in [-0.2, 0) is 13.6 Å². The van der Waals surface area contributed by atoms with Crippen molar-refractivity contribution in [2.24, 2.45) is 7.05 Å². The zero-order valence-electron chi connectivity index (χ0n) is 15.0. The van der Waals surface area contributed by atoms with Crippen LogP contribution in [0.25, 0.3) is 0 Å². The summed E-state index contributed by atoms with van der Waals surface area (Å²) >= 11 is 1.57. The second kappa shape index (κ2) is 7.45. The number of imidazole rings is 1. The van der Waals surface area contributed by atoms with Crippen molar-refractivity contribution >= 4 is 17.6 Å². The molecule has 1 saturated heterocycles. The lowest BCUT2D eigenvalue weighted by molar-refractivity contribution is 0.475. The van der Waals surface area contributed by atoms with Crippen LogP contribution in [0, 0.1) is 0 Å². The molecule has 1 atom stereocenters. The molecule has 0 bridgehead atoms. The fourth-order valence-electron chi connectivity index (χ4n) is 3.41. The van der Waals surface area contributed by atoms with Gasteiger partial charge in [0.25, 0.3) is 0 Å². The van der Waals surface area contributed by atoms with Gasteiger partial charge in [-0.25, -0.2) is 15.0 Å². The van der Waals surface area contributed by atoms with Gasteiger partial charge in [-0.3, -0.25) is 0 Å². The summed E-state index contributed by atoms with van der Waals surface area (Å²) in [7, 11) is 2.05. The largest absolute Gasteiger partial charge is 0.356 e. The first kappa shape index (κ1) is 17.0. The van der Waals surface area contributed by atoms with Crippen molar-refractivity contribution < 1.29 is 0 Å². The molecule has 136 valence electrons. The maximum atomic E-state index is 4.65. The molecular weight excluding hydrogens is 348 g/mol. The minimum Gasteiger partial charge on any atom is -0.356 e. The Hall–Kier alpha value is -2.42. The van der Waals surface area contributed by atoms with E-state index >= 15 is 0 Å². The van der Waals surface area contributed by atoms with Crippen molar-refractivity contribution in [3.63, 3.8) is 0 Å². The first-order chi connectivity index (χ1) is 12.7. The molecule has 3 aromatic heterocycles. The maximum Gasteiger partial charge on any atom is 0.189 e. The number of hydrogen-bond acceptors (Lipinski definition) is 7. The van der Waals surface area contributed by atoms with Crippen molar-refractivity contribution in [3.05, 3.63) is 42.6 Å². The average molecular weight is 370 g/mol. The van der Waals surface area contributed by atoms with E-state index in [1.807, 2.05) is 29.3 Å². The molecule has 0 saturated carbocycles. The number of thioether (sulfide) groups is 1. The van der Waals surface area contributed by atoms with Gasteiger partial charge < -0.3 is 14.0 Å². The van der Waals surface area contributed by atoms with E-state index in [-0.39, 0.29) is 0 Å². The van der Waals surface area contributed by atoms with Crippen LogP contribution in [0.2, 0.25) is 0 Å². The monoisotopic (exact) mass is 370 g/mol. The van der Waals surface area contributed by atoms with Crippen LogP contribution < -0.4 is 4.90 Å². The summed E-state index contributed by atoms with van der Waals surface area (Å²) in [6, 6.07) is 1.99. The van der Waals surface area contributed by atoms with Crippen molar-refractivity contribution in [1.82, 2.24) is 34.3 Å². The number of anilines is 1. The number of nitrogens with zero attached hydrogens (tertiary/aromatic N) is 8. The van der Waals surface area contributed by atoms with Crippen LogP contribution in [0.4, 0.5) is 5.82 Å². The fourth-order valence-corrected chi connectivity index (χ4v) is 3.77. The summed E-state index contributed by atoms with van der Waals surface area (Å²) in [5.74, 6) is 3.34. The third-order valence-electron chi connectivity index (χ3n) is 4.79. The van der Waals surface area contributed by atoms with Gasteiger partial charge in [0.2, 0.25) is 0 Å². The van der Waals surface area contributed by atoms with E-state index in [0.29, 0.717) is 12.5 Å². The predicted molar refractivity (Wildman–Crippen MR) is 100 cm³/mol. The lowest BCUT2D eigenvalue weighted by atomic mass is 9.97. The smallest absolute Gasteiger partial charge is 0.189 e. The average Bonchev–Trinajstić information content (AvgIpc) is 3.33. The van der Waals surface area contributed by atoms with Crippen LogP contribution in [-0.4, -0.2) is 53.6 Å². The van der Waals surface area contributed by atoms with E-state index in [2.05, 4.69) is 41.7 Å². The van der Waals surface area contributed by atoms with E-state index < -0.39 is 0 Å².